The summed E-state index contributed by atoms with van der Waals surface area (Å²) in [4.78, 5) is 38.2. The minimum atomic E-state index is -0.622. The number of nitro groups is 1. The van der Waals surface area contributed by atoms with Gasteiger partial charge < -0.3 is 25.3 Å². The largest absolute Gasteiger partial charge is 0.389 e. The van der Waals surface area contributed by atoms with E-state index in [1.807, 2.05) is 0 Å². The van der Waals surface area contributed by atoms with Crippen LogP contribution in [0.5, 0.6) is 0 Å². The lowest BCUT2D eigenvalue weighted by atomic mass is 10.4. The van der Waals surface area contributed by atoms with Gasteiger partial charge in [0.05, 0.1) is 22.2 Å². The van der Waals surface area contributed by atoms with Crippen LogP contribution < -0.4 is 10.6 Å². The summed E-state index contributed by atoms with van der Waals surface area (Å²) in [5.74, 6) is -1.22. The zero-order valence-corrected chi connectivity index (χ0v) is 14.5. The van der Waals surface area contributed by atoms with Crippen LogP contribution in [0.1, 0.15) is 26.2 Å². The molecular weight excluding hydrogens is 378 g/mol. The first-order valence-electron chi connectivity index (χ1n) is 7.63. The number of carbonyl (C=O) groups is 2. The Hall–Kier alpha value is -3.61. The highest BCUT2D eigenvalue weighted by molar-refractivity contribution is 7.12. The number of hydrogen-bond donors (Lipinski definition) is 2. The van der Waals surface area contributed by atoms with Gasteiger partial charge in [0, 0.05) is 13.1 Å². The highest BCUT2D eigenvalue weighted by Crippen LogP contribution is 2.08. The lowest BCUT2D eigenvalue weighted by Crippen LogP contribution is -2.34. The first-order chi connectivity index (χ1) is 13.0. The maximum atomic E-state index is 11.9. The van der Waals surface area contributed by atoms with Crippen molar-refractivity contribution in [3.8, 4) is 0 Å². The fourth-order valence-electron chi connectivity index (χ4n) is 2.01. The van der Waals surface area contributed by atoms with Crippen molar-refractivity contribution < 1.29 is 19.0 Å². The molecule has 0 bridgehead atoms. The first kappa shape index (κ1) is 18.2. The summed E-state index contributed by atoms with van der Waals surface area (Å²) < 4.78 is 6.11. The van der Waals surface area contributed by atoms with Gasteiger partial charge in [0.25, 0.3) is 5.91 Å². The molecule has 3 aromatic rings. The second-order valence-electron chi connectivity index (χ2n) is 5.13. The number of rotatable bonds is 8. The molecule has 0 spiro atoms. The van der Waals surface area contributed by atoms with Crippen LogP contribution in [0.2, 0.25) is 0 Å². The van der Waals surface area contributed by atoms with Crippen LogP contribution in [-0.2, 0) is 6.54 Å². The molecule has 27 heavy (non-hydrogen) atoms. The fraction of sp³-hybridized carbons (Fsp3) is 0.214. The van der Waals surface area contributed by atoms with Crippen LogP contribution in [0.4, 0.5) is 5.82 Å². The Bertz CT molecular complexity index is 949. The number of nitrogens with one attached hydrogen (secondary N) is 2. The van der Waals surface area contributed by atoms with Crippen LogP contribution in [-0.4, -0.2) is 49.7 Å². The minimum Gasteiger partial charge on any atom is -0.358 e. The molecule has 3 heterocycles. The van der Waals surface area contributed by atoms with Crippen LogP contribution in [0.3, 0.4) is 0 Å². The van der Waals surface area contributed by atoms with Crippen LogP contribution in [0, 0.1) is 10.1 Å². The Kier molecular flexibility index (Phi) is 5.51. The smallest absolute Gasteiger partial charge is 0.358 e. The Labute approximate surface area is 155 Å². The molecule has 12 nitrogen and oxygen atoms in total. The van der Waals surface area contributed by atoms with Crippen molar-refractivity contribution in [1.29, 1.82) is 0 Å². The SMILES string of the molecule is O=C(NCCNC(=O)c1cccs1)c1nc(Cn2ccc([N+](=O)[O-])n2)no1. The van der Waals surface area contributed by atoms with Crippen LogP contribution in [0.25, 0.3) is 0 Å². The van der Waals surface area contributed by atoms with E-state index in [1.54, 1.807) is 17.5 Å². The Morgan fingerprint density at radius 1 is 1.26 bits per heavy atom. The van der Waals surface area contributed by atoms with E-state index in [2.05, 4.69) is 25.9 Å². The van der Waals surface area contributed by atoms with Gasteiger partial charge in [0.15, 0.2) is 5.82 Å². The molecule has 140 valence electrons. The van der Waals surface area contributed by atoms with E-state index in [1.165, 1.54) is 28.3 Å². The van der Waals surface area contributed by atoms with E-state index >= 15 is 0 Å². The average molecular weight is 391 g/mol. The number of nitrogens with zero attached hydrogens (tertiary/aromatic N) is 5. The van der Waals surface area contributed by atoms with Crippen molar-refractivity contribution in [3.63, 3.8) is 0 Å². The second kappa shape index (κ2) is 8.18. The minimum absolute atomic E-state index is 0.0154. The molecule has 0 saturated carbocycles. The van der Waals surface area contributed by atoms with Gasteiger partial charge in [-0.25, -0.2) is 0 Å². The second-order valence-corrected chi connectivity index (χ2v) is 6.08. The van der Waals surface area contributed by atoms with Crippen molar-refractivity contribution in [3.05, 3.63) is 56.5 Å². The fourth-order valence-corrected chi connectivity index (χ4v) is 2.65. The highest BCUT2D eigenvalue weighted by Gasteiger charge is 2.17. The van der Waals surface area contributed by atoms with Crippen molar-refractivity contribution in [1.82, 2.24) is 30.6 Å². The first-order valence-corrected chi connectivity index (χ1v) is 8.51. The van der Waals surface area contributed by atoms with E-state index < -0.39 is 10.8 Å². The molecular formula is C14H13N7O5S. The van der Waals surface area contributed by atoms with Gasteiger partial charge in [-0.1, -0.05) is 11.2 Å². The van der Waals surface area contributed by atoms with E-state index in [9.17, 15) is 19.7 Å². The number of carbonyl (C=O) groups excluding carboxylic acids is 2. The lowest BCUT2D eigenvalue weighted by molar-refractivity contribution is -0.389. The monoisotopic (exact) mass is 391 g/mol. The molecule has 0 saturated heterocycles. The van der Waals surface area contributed by atoms with Gasteiger partial charge in [-0.15, -0.1) is 11.3 Å². The third kappa shape index (κ3) is 4.72. The van der Waals surface area contributed by atoms with Crippen LogP contribution >= 0.6 is 11.3 Å². The summed E-state index contributed by atoms with van der Waals surface area (Å²) in [5, 5.41) is 24.9. The van der Waals surface area contributed by atoms with Gasteiger partial charge in [-0.05, 0) is 16.4 Å². The molecule has 0 aromatic carbocycles. The molecule has 3 rings (SSSR count). The van der Waals surface area contributed by atoms with Crippen LogP contribution in [0.15, 0.2) is 34.3 Å². The number of amides is 2. The summed E-state index contributed by atoms with van der Waals surface area (Å²) in [6.07, 6.45) is 1.39. The summed E-state index contributed by atoms with van der Waals surface area (Å²) in [6.45, 7) is 0.431. The topological polar surface area (TPSA) is 158 Å². The Morgan fingerprint density at radius 2 is 2.04 bits per heavy atom. The van der Waals surface area contributed by atoms with E-state index in [0.717, 1.165) is 0 Å². The van der Waals surface area contributed by atoms with E-state index in [-0.39, 0.29) is 43.1 Å². The van der Waals surface area contributed by atoms with Gasteiger partial charge in [0.1, 0.15) is 6.54 Å². The van der Waals surface area contributed by atoms with Gasteiger partial charge in [-0.3, -0.25) is 9.59 Å². The molecule has 13 heteroatoms. The number of aromatic nitrogens is 4. The Morgan fingerprint density at radius 3 is 2.70 bits per heavy atom. The van der Waals surface area contributed by atoms with Crippen molar-refractivity contribution in [2.24, 2.45) is 0 Å². The van der Waals surface area contributed by atoms with Gasteiger partial charge in [-0.2, -0.15) is 9.67 Å². The number of thiophene rings is 1. The average Bonchev–Trinajstić information content (AvgIpc) is 3.39. The standard InChI is InChI=1S/C14H13N7O5S/c22-12(9-2-1-7-27-9)15-4-5-16-13(23)14-17-10(19-26-14)8-20-6-3-11(18-20)21(24)25/h1-3,6-7H,4-5,8H2,(H,15,22)(H,16,23). The Balaban J connectivity index is 1.45. The molecule has 0 atom stereocenters. The van der Waals surface area contributed by atoms with E-state index in [0.29, 0.717) is 4.88 Å². The molecule has 2 amide bonds. The zero-order valence-electron chi connectivity index (χ0n) is 13.7. The quantitative estimate of drug-likeness (QED) is 0.318. The molecule has 2 N–H and O–H groups in total. The zero-order chi connectivity index (χ0) is 19.2. The van der Waals surface area contributed by atoms with Gasteiger partial charge >= 0.3 is 17.6 Å². The third-order valence-electron chi connectivity index (χ3n) is 3.22. The predicted molar refractivity (Wildman–Crippen MR) is 91.3 cm³/mol. The third-order valence-corrected chi connectivity index (χ3v) is 4.09. The molecule has 0 radical (unpaired) electrons. The molecule has 0 fully saturated rings. The molecule has 0 aliphatic heterocycles. The maximum Gasteiger partial charge on any atom is 0.389 e. The summed E-state index contributed by atoms with van der Waals surface area (Å²) in [5.41, 5.74) is 0. The molecule has 0 unspecified atom stereocenters. The summed E-state index contributed by atoms with van der Waals surface area (Å²) in [6, 6.07) is 4.71. The molecule has 0 aliphatic carbocycles. The van der Waals surface area contributed by atoms with Crippen molar-refractivity contribution in [2.45, 2.75) is 6.54 Å². The highest BCUT2D eigenvalue weighted by atomic mass is 32.1. The van der Waals surface area contributed by atoms with Gasteiger partial charge in [0.2, 0.25) is 0 Å². The molecule has 3 aromatic heterocycles. The lowest BCUT2D eigenvalue weighted by Gasteiger charge is -2.04. The summed E-state index contributed by atoms with van der Waals surface area (Å²) >= 11 is 1.32. The normalized spacial score (nSPS) is 10.5. The molecule has 0 aliphatic rings. The summed E-state index contributed by atoms with van der Waals surface area (Å²) in [7, 11) is 0. The maximum absolute atomic E-state index is 11.9. The predicted octanol–water partition coefficient (Wildman–Crippen LogP) is 0.444. The van der Waals surface area contributed by atoms with E-state index in [4.69, 9.17) is 4.52 Å². The number of hydrogen-bond acceptors (Lipinski definition) is 9. The van der Waals surface area contributed by atoms with Crippen molar-refractivity contribution in [2.75, 3.05) is 13.1 Å². The van der Waals surface area contributed by atoms with Crippen molar-refractivity contribution >= 4 is 29.0 Å².